The Morgan fingerprint density at radius 3 is 2.78 bits per heavy atom. The van der Waals surface area contributed by atoms with Crippen LogP contribution in [0.15, 0.2) is 41.6 Å². The first kappa shape index (κ1) is 15.5. The fourth-order valence-corrected chi connectivity index (χ4v) is 3.19. The van der Waals surface area contributed by atoms with Gasteiger partial charge in [0.15, 0.2) is 0 Å². The average molecular weight is 350 g/mol. The summed E-state index contributed by atoms with van der Waals surface area (Å²) >= 11 is 7.26. The predicted octanol–water partition coefficient (Wildman–Crippen LogP) is 2.63. The summed E-state index contributed by atoms with van der Waals surface area (Å²) in [6.07, 6.45) is -0.423. The predicted molar refractivity (Wildman–Crippen MR) is 88.9 cm³/mol. The van der Waals surface area contributed by atoms with Crippen LogP contribution in [0.25, 0.3) is 0 Å². The normalized spacial score (nSPS) is 16.6. The fourth-order valence-electron chi connectivity index (χ4n) is 2.15. The quantitative estimate of drug-likeness (QED) is 0.888. The molecule has 118 valence electrons. The molecule has 1 aromatic carbocycles. The fraction of sp³-hybridized carbons (Fsp3) is 0.133. The molecule has 1 aliphatic rings. The third kappa shape index (κ3) is 3.35. The highest BCUT2D eigenvalue weighted by Gasteiger charge is 2.30. The Labute approximate surface area is 140 Å². The smallest absolute Gasteiger partial charge is 0.268 e. The lowest BCUT2D eigenvalue weighted by Gasteiger charge is -2.11. The topological polar surface area (TPSA) is 93.8 Å². The minimum atomic E-state index is -0.758. The number of oxime groups is 1. The maximum Gasteiger partial charge on any atom is 0.268 e. The minimum Gasteiger partial charge on any atom is -0.382 e. The zero-order chi connectivity index (χ0) is 16.4. The van der Waals surface area contributed by atoms with Crippen molar-refractivity contribution in [3.63, 3.8) is 0 Å². The van der Waals surface area contributed by atoms with Crippen LogP contribution in [0, 0.1) is 0 Å². The third-order valence-corrected chi connectivity index (χ3v) is 4.55. The molecule has 3 rings (SSSR count). The van der Waals surface area contributed by atoms with Crippen LogP contribution < -0.4 is 11.1 Å². The van der Waals surface area contributed by atoms with Crippen molar-refractivity contribution in [2.24, 2.45) is 10.9 Å². The van der Waals surface area contributed by atoms with Gasteiger partial charge in [0.1, 0.15) is 5.71 Å². The summed E-state index contributed by atoms with van der Waals surface area (Å²) in [6.45, 7) is 0. The van der Waals surface area contributed by atoms with Crippen LogP contribution in [0.2, 0.25) is 4.34 Å². The second kappa shape index (κ2) is 6.39. The van der Waals surface area contributed by atoms with E-state index >= 15 is 0 Å². The molecule has 6 nitrogen and oxygen atoms in total. The number of halogens is 1. The minimum absolute atomic E-state index is 0.241. The van der Waals surface area contributed by atoms with E-state index in [0.717, 1.165) is 4.88 Å². The number of hydrogen-bond acceptors (Lipinski definition) is 5. The van der Waals surface area contributed by atoms with Crippen molar-refractivity contribution in [1.29, 1.82) is 0 Å². The molecule has 8 heteroatoms. The molecule has 0 radical (unpaired) electrons. The number of benzene rings is 1. The molecule has 2 amide bonds. The van der Waals surface area contributed by atoms with Gasteiger partial charge in [-0.2, -0.15) is 0 Å². The number of hydrogen-bond donors (Lipinski definition) is 2. The number of carbonyl (C=O) groups excluding carboxylic acids is 2. The monoisotopic (exact) mass is 349 g/mol. The van der Waals surface area contributed by atoms with Crippen molar-refractivity contribution in [2.75, 3.05) is 5.32 Å². The highest BCUT2D eigenvalue weighted by Crippen LogP contribution is 2.27. The molecule has 2 heterocycles. The van der Waals surface area contributed by atoms with Crippen LogP contribution in [0.4, 0.5) is 5.69 Å². The summed E-state index contributed by atoms with van der Waals surface area (Å²) < 4.78 is 0.644. The number of thiophene rings is 1. The lowest BCUT2D eigenvalue weighted by Crippen LogP contribution is -2.29. The van der Waals surface area contributed by atoms with Crippen molar-refractivity contribution in [2.45, 2.75) is 12.5 Å². The summed E-state index contributed by atoms with van der Waals surface area (Å²) in [6, 6.07) is 10.1. The number of nitrogens with two attached hydrogens (primary N) is 1. The lowest BCUT2D eigenvalue weighted by molar-refractivity contribution is -0.125. The maximum absolute atomic E-state index is 12.3. The molecule has 0 bridgehead atoms. The lowest BCUT2D eigenvalue weighted by atomic mass is 10.1. The summed E-state index contributed by atoms with van der Waals surface area (Å²) in [5, 5.41) is 6.59. The van der Waals surface area contributed by atoms with E-state index < -0.39 is 12.0 Å². The van der Waals surface area contributed by atoms with E-state index in [9.17, 15) is 9.59 Å². The maximum atomic E-state index is 12.3. The number of para-hydroxylation sites is 1. The van der Waals surface area contributed by atoms with Crippen molar-refractivity contribution < 1.29 is 14.4 Å². The summed E-state index contributed by atoms with van der Waals surface area (Å²) in [5.41, 5.74) is 6.55. The Morgan fingerprint density at radius 2 is 2.09 bits per heavy atom. The molecule has 0 aliphatic carbocycles. The van der Waals surface area contributed by atoms with Gasteiger partial charge in [-0.15, -0.1) is 11.3 Å². The number of amides is 2. The van der Waals surface area contributed by atoms with E-state index in [0.29, 0.717) is 22.2 Å². The molecule has 0 saturated carbocycles. The summed E-state index contributed by atoms with van der Waals surface area (Å²) in [4.78, 5) is 29.7. The highest BCUT2D eigenvalue weighted by atomic mass is 35.5. The van der Waals surface area contributed by atoms with Gasteiger partial charge < -0.3 is 15.9 Å². The third-order valence-electron chi connectivity index (χ3n) is 3.27. The summed E-state index contributed by atoms with van der Waals surface area (Å²) in [7, 11) is 0. The number of nitrogens with zero attached hydrogens (tertiary/aromatic N) is 1. The number of anilines is 1. The molecule has 1 aliphatic heterocycles. The van der Waals surface area contributed by atoms with Gasteiger partial charge in [-0.1, -0.05) is 28.9 Å². The van der Waals surface area contributed by atoms with Gasteiger partial charge >= 0.3 is 0 Å². The number of nitrogens with one attached hydrogen (secondary N) is 1. The largest absolute Gasteiger partial charge is 0.382 e. The van der Waals surface area contributed by atoms with E-state index in [1.54, 1.807) is 30.3 Å². The van der Waals surface area contributed by atoms with Gasteiger partial charge in [0.05, 0.1) is 20.5 Å². The zero-order valence-corrected chi connectivity index (χ0v) is 13.4. The highest BCUT2D eigenvalue weighted by molar-refractivity contribution is 7.18. The molecule has 3 N–H and O–H groups in total. The van der Waals surface area contributed by atoms with Crippen LogP contribution in [-0.4, -0.2) is 23.6 Å². The van der Waals surface area contributed by atoms with Gasteiger partial charge in [-0.05, 0) is 24.3 Å². The van der Waals surface area contributed by atoms with Crippen LogP contribution in [-0.2, 0) is 9.63 Å². The number of primary amides is 1. The molecular formula is C15H12ClN3O3S. The Kier molecular flexibility index (Phi) is 4.31. The molecule has 0 spiro atoms. The molecular weight excluding hydrogens is 338 g/mol. The SMILES string of the molecule is NC(=O)c1ccccc1NC(=O)[C@@H]1CC(c2ccc(Cl)s2)=NO1. The van der Waals surface area contributed by atoms with Crippen LogP contribution in [0.1, 0.15) is 21.7 Å². The number of rotatable bonds is 4. The Balaban J connectivity index is 1.68. The zero-order valence-electron chi connectivity index (χ0n) is 11.8. The summed E-state index contributed by atoms with van der Waals surface area (Å²) in [5.74, 6) is -1.00. The first-order valence-corrected chi connectivity index (χ1v) is 7.92. The van der Waals surface area contributed by atoms with E-state index in [-0.39, 0.29) is 11.5 Å². The van der Waals surface area contributed by atoms with E-state index in [2.05, 4.69) is 10.5 Å². The number of carbonyl (C=O) groups is 2. The Bertz CT molecular complexity index is 803. The van der Waals surface area contributed by atoms with Gasteiger partial charge in [0, 0.05) is 6.42 Å². The molecule has 23 heavy (non-hydrogen) atoms. The van der Waals surface area contributed by atoms with Crippen LogP contribution in [0.5, 0.6) is 0 Å². The van der Waals surface area contributed by atoms with Crippen molar-refractivity contribution in [3.8, 4) is 0 Å². The molecule has 0 unspecified atom stereocenters. The second-order valence-electron chi connectivity index (χ2n) is 4.84. The second-order valence-corrected chi connectivity index (χ2v) is 6.55. The van der Waals surface area contributed by atoms with Gasteiger partial charge in [-0.25, -0.2) is 0 Å². The molecule has 2 aromatic rings. The Morgan fingerprint density at radius 1 is 1.30 bits per heavy atom. The van der Waals surface area contributed by atoms with Crippen LogP contribution >= 0.6 is 22.9 Å². The van der Waals surface area contributed by atoms with E-state index in [1.807, 2.05) is 6.07 Å². The van der Waals surface area contributed by atoms with E-state index in [1.165, 1.54) is 11.3 Å². The van der Waals surface area contributed by atoms with Crippen molar-refractivity contribution in [1.82, 2.24) is 0 Å². The van der Waals surface area contributed by atoms with Gasteiger partial charge in [-0.3, -0.25) is 9.59 Å². The first-order valence-electron chi connectivity index (χ1n) is 6.72. The molecule has 1 aromatic heterocycles. The molecule has 1 atom stereocenters. The average Bonchev–Trinajstić information content (AvgIpc) is 3.16. The molecule has 0 saturated heterocycles. The van der Waals surface area contributed by atoms with Gasteiger partial charge in [0.2, 0.25) is 6.10 Å². The molecule has 0 fully saturated rings. The van der Waals surface area contributed by atoms with E-state index in [4.69, 9.17) is 22.2 Å². The van der Waals surface area contributed by atoms with Crippen LogP contribution in [0.3, 0.4) is 0 Å². The van der Waals surface area contributed by atoms with Crippen molar-refractivity contribution in [3.05, 3.63) is 51.2 Å². The van der Waals surface area contributed by atoms with Crippen molar-refractivity contribution >= 4 is 46.2 Å². The Hall–Kier alpha value is -2.38. The first-order chi connectivity index (χ1) is 11.0. The standard InChI is InChI=1S/C15H12ClN3O3S/c16-13-6-5-12(23-13)10-7-11(22-19-10)15(21)18-9-4-2-1-3-8(9)14(17)20/h1-6,11H,7H2,(H2,17,20)(H,18,21)/t11-/m0/s1. The van der Waals surface area contributed by atoms with Gasteiger partial charge in [0.25, 0.3) is 11.8 Å².